The van der Waals surface area contributed by atoms with Gasteiger partial charge in [-0.15, -0.1) is 4.41 Å². The summed E-state index contributed by atoms with van der Waals surface area (Å²) in [6.07, 6.45) is 1.21. The Kier molecular flexibility index (Phi) is 6.15. The number of nitrogens with one attached hydrogen (secondary N) is 1. The smallest absolute Gasteiger partial charge is 0.228 e. The molecule has 23 heavy (non-hydrogen) atoms. The molecule has 0 saturated carbocycles. The highest BCUT2D eigenvalue weighted by Crippen LogP contribution is 2.09. The summed E-state index contributed by atoms with van der Waals surface area (Å²) in [4.78, 5) is 2.10. The first-order valence-corrected chi connectivity index (χ1v) is 9.32. The molecular weight excluding hydrogens is 310 g/mol. The molecule has 0 amide bonds. The van der Waals surface area contributed by atoms with Crippen LogP contribution in [0.3, 0.4) is 0 Å². The van der Waals surface area contributed by atoms with E-state index in [2.05, 4.69) is 22.5 Å². The van der Waals surface area contributed by atoms with Gasteiger partial charge < -0.3 is 10.3 Å². The number of hydrogen-bond acceptors (Lipinski definition) is 4. The second-order valence-electron chi connectivity index (χ2n) is 5.54. The predicted octanol–water partition coefficient (Wildman–Crippen LogP) is 2.41. The van der Waals surface area contributed by atoms with Crippen molar-refractivity contribution in [2.75, 3.05) is 31.8 Å². The maximum Gasteiger partial charge on any atom is 0.228 e. The molecule has 0 fully saturated rings. The molecule has 0 atom stereocenters. The monoisotopic (exact) mass is 333 g/mol. The largest absolute Gasteiger partial charge is 0.306 e. The van der Waals surface area contributed by atoms with Crippen LogP contribution in [-0.2, 0) is 16.6 Å². The lowest BCUT2D eigenvalue weighted by Crippen LogP contribution is -2.40. The lowest BCUT2D eigenvalue weighted by molar-refractivity contribution is 0.300. The molecule has 0 bridgehead atoms. The van der Waals surface area contributed by atoms with Crippen molar-refractivity contribution in [1.82, 2.24) is 9.31 Å². The van der Waals surface area contributed by atoms with E-state index in [1.165, 1.54) is 16.2 Å². The van der Waals surface area contributed by atoms with E-state index in [0.29, 0.717) is 13.1 Å². The van der Waals surface area contributed by atoms with Crippen LogP contribution in [0.4, 0.5) is 5.69 Å². The number of para-hydroxylation sites is 1. The van der Waals surface area contributed by atoms with Crippen molar-refractivity contribution in [3.8, 4) is 0 Å². The van der Waals surface area contributed by atoms with E-state index in [-0.39, 0.29) is 0 Å². The number of likely N-dealkylation sites (N-methyl/N-ethyl adjacent to an activating group) is 1. The van der Waals surface area contributed by atoms with Gasteiger partial charge in [0.15, 0.2) is 0 Å². The third-order valence-electron chi connectivity index (χ3n) is 3.41. The van der Waals surface area contributed by atoms with Crippen LogP contribution in [0.25, 0.3) is 0 Å². The Bertz CT molecular complexity index is 690. The molecule has 0 spiro atoms. The van der Waals surface area contributed by atoms with Crippen molar-refractivity contribution in [3.05, 3.63) is 66.2 Å². The quantitative estimate of drug-likeness (QED) is 0.754. The summed E-state index contributed by atoms with van der Waals surface area (Å²) >= 11 is 0. The molecule has 0 saturated heterocycles. The number of rotatable bonds is 8. The van der Waals surface area contributed by atoms with Crippen molar-refractivity contribution < 1.29 is 8.42 Å². The van der Waals surface area contributed by atoms with Crippen LogP contribution in [0.5, 0.6) is 0 Å². The maximum absolute atomic E-state index is 12.0. The summed E-state index contributed by atoms with van der Waals surface area (Å²) < 4.78 is 25.2. The number of hydrogen-bond donors (Lipinski definition) is 1. The molecule has 6 heteroatoms. The Morgan fingerprint density at radius 3 is 2.04 bits per heavy atom. The normalized spacial score (nSPS) is 11.8. The summed E-state index contributed by atoms with van der Waals surface area (Å²) in [5.41, 5.74) is 4.92. The van der Waals surface area contributed by atoms with E-state index in [1.54, 1.807) is 0 Å². The van der Waals surface area contributed by atoms with E-state index in [0.717, 1.165) is 12.2 Å². The Morgan fingerprint density at radius 2 is 1.48 bits per heavy atom. The van der Waals surface area contributed by atoms with Crippen molar-refractivity contribution in [3.63, 3.8) is 0 Å². The number of benzene rings is 2. The molecule has 2 rings (SSSR count). The van der Waals surface area contributed by atoms with Crippen molar-refractivity contribution >= 4 is 15.7 Å². The van der Waals surface area contributed by atoms with Gasteiger partial charge in [0.25, 0.3) is 0 Å². The first-order valence-electron chi connectivity index (χ1n) is 7.47. The van der Waals surface area contributed by atoms with Gasteiger partial charge in [-0.05, 0) is 24.7 Å². The molecule has 0 aliphatic carbocycles. The second-order valence-corrected chi connectivity index (χ2v) is 7.44. The van der Waals surface area contributed by atoms with Crippen molar-refractivity contribution in [1.29, 1.82) is 0 Å². The zero-order valence-electron chi connectivity index (χ0n) is 13.5. The van der Waals surface area contributed by atoms with Gasteiger partial charge in [0, 0.05) is 19.6 Å². The fourth-order valence-electron chi connectivity index (χ4n) is 2.20. The van der Waals surface area contributed by atoms with E-state index >= 15 is 0 Å². The van der Waals surface area contributed by atoms with Gasteiger partial charge in [0.2, 0.25) is 10.0 Å². The molecule has 0 aliphatic heterocycles. The summed E-state index contributed by atoms with van der Waals surface area (Å²) in [5.74, 6) is 0. The molecule has 0 aliphatic rings. The summed E-state index contributed by atoms with van der Waals surface area (Å²) in [6.45, 7) is 1.78. The minimum atomic E-state index is -3.34. The van der Waals surface area contributed by atoms with E-state index in [9.17, 15) is 8.42 Å². The van der Waals surface area contributed by atoms with Crippen LogP contribution in [0.1, 0.15) is 5.56 Å². The summed E-state index contributed by atoms with van der Waals surface area (Å²) in [5, 5.41) is 0. The van der Waals surface area contributed by atoms with Crippen LogP contribution < -0.4 is 5.43 Å². The minimum absolute atomic E-state index is 0.372. The van der Waals surface area contributed by atoms with Crippen molar-refractivity contribution in [2.24, 2.45) is 0 Å². The van der Waals surface area contributed by atoms with Gasteiger partial charge in [-0.2, -0.15) is 0 Å². The highest BCUT2D eigenvalue weighted by molar-refractivity contribution is 7.88. The fraction of sp³-hybridized carbons (Fsp3) is 0.294. The molecule has 0 aromatic heterocycles. The van der Waals surface area contributed by atoms with Crippen LogP contribution >= 0.6 is 0 Å². The zero-order chi connectivity index (χ0) is 16.7. The molecule has 5 nitrogen and oxygen atoms in total. The standard InChI is InChI=1S/C17H23N3O2S/c1-19(15-16-9-5-3-6-10-16)13-14-20(23(2,21)22)18-17-11-7-4-8-12-17/h3-12,18H,13-15H2,1-2H3. The van der Waals surface area contributed by atoms with E-state index in [4.69, 9.17) is 0 Å². The number of nitrogens with zero attached hydrogens (tertiary/aromatic N) is 2. The van der Waals surface area contributed by atoms with Crippen LogP contribution in [-0.4, -0.2) is 44.1 Å². The zero-order valence-corrected chi connectivity index (χ0v) is 14.3. The molecular formula is C17H23N3O2S. The van der Waals surface area contributed by atoms with Gasteiger partial charge in [0.05, 0.1) is 11.9 Å². The summed E-state index contributed by atoms with van der Waals surface area (Å²) in [6, 6.07) is 19.4. The highest BCUT2D eigenvalue weighted by atomic mass is 32.2. The highest BCUT2D eigenvalue weighted by Gasteiger charge is 2.17. The molecule has 0 radical (unpaired) electrons. The Hall–Kier alpha value is -1.89. The number of hydrazine groups is 1. The second kappa shape index (κ2) is 8.10. The number of sulfonamides is 1. The molecule has 0 heterocycles. The van der Waals surface area contributed by atoms with Gasteiger partial charge in [0.1, 0.15) is 0 Å². The Morgan fingerprint density at radius 1 is 0.913 bits per heavy atom. The first kappa shape index (κ1) is 17.5. The lowest BCUT2D eigenvalue weighted by Gasteiger charge is -2.25. The topological polar surface area (TPSA) is 52.6 Å². The van der Waals surface area contributed by atoms with Crippen molar-refractivity contribution in [2.45, 2.75) is 6.54 Å². The average Bonchev–Trinajstić information content (AvgIpc) is 2.52. The van der Waals surface area contributed by atoms with Gasteiger partial charge in [-0.3, -0.25) is 0 Å². The Labute approximate surface area is 138 Å². The minimum Gasteiger partial charge on any atom is -0.306 e. The fourth-order valence-corrected chi connectivity index (χ4v) is 2.88. The van der Waals surface area contributed by atoms with Crippen LogP contribution in [0.15, 0.2) is 60.7 Å². The SMILES string of the molecule is CN(CCN(Nc1ccccc1)S(C)(=O)=O)Cc1ccccc1. The third-order valence-corrected chi connectivity index (χ3v) is 4.48. The molecule has 1 N–H and O–H groups in total. The van der Waals surface area contributed by atoms with Gasteiger partial charge in [-0.25, -0.2) is 8.42 Å². The van der Waals surface area contributed by atoms with Crippen LogP contribution in [0, 0.1) is 0 Å². The van der Waals surface area contributed by atoms with Gasteiger partial charge in [-0.1, -0.05) is 48.5 Å². The van der Waals surface area contributed by atoms with Crippen LogP contribution in [0.2, 0.25) is 0 Å². The third kappa shape index (κ3) is 6.02. The molecule has 2 aromatic rings. The predicted molar refractivity (Wildman–Crippen MR) is 94.4 cm³/mol. The Balaban J connectivity index is 1.93. The lowest BCUT2D eigenvalue weighted by atomic mass is 10.2. The molecule has 2 aromatic carbocycles. The summed E-state index contributed by atoms with van der Waals surface area (Å²) in [7, 11) is -1.35. The average molecular weight is 333 g/mol. The van der Waals surface area contributed by atoms with E-state index < -0.39 is 10.0 Å². The maximum atomic E-state index is 12.0. The number of anilines is 1. The molecule has 0 unspecified atom stereocenters. The van der Waals surface area contributed by atoms with E-state index in [1.807, 2.05) is 55.6 Å². The van der Waals surface area contributed by atoms with Gasteiger partial charge >= 0.3 is 0 Å². The first-order chi connectivity index (χ1) is 10.9. The molecule has 124 valence electrons.